The number of aromatic nitrogens is 1. The number of carbonyl (C=O) groups excluding carboxylic acids is 1. The minimum absolute atomic E-state index is 0.171. The highest BCUT2D eigenvalue weighted by Gasteiger charge is 2.29. The van der Waals surface area contributed by atoms with Crippen LogP contribution < -0.4 is 0 Å². The van der Waals surface area contributed by atoms with E-state index >= 15 is 0 Å². The van der Waals surface area contributed by atoms with Crippen molar-refractivity contribution in [1.29, 1.82) is 0 Å². The van der Waals surface area contributed by atoms with E-state index in [0.717, 1.165) is 57.9 Å². The molecule has 5 heteroatoms. The average molecular weight is 303 g/mol. The van der Waals surface area contributed by atoms with Crippen LogP contribution in [0.1, 0.15) is 43.5 Å². The summed E-state index contributed by atoms with van der Waals surface area (Å²) in [4.78, 5) is 21.0. The van der Waals surface area contributed by atoms with Gasteiger partial charge in [0.15, 0.2) is 0 Å². The van der Waals surface area contributed by atoms with Crippen LogP contribution in [-0.2, 0) is 16.1 Å². The number of ether oxygens (including phenoxy) is 1. The molecule has 5 nitrogen and oxygen atoms in total. The summed E-state index contributed by atoms with van der Waals surface area (Å²) in [7, 11) is 0. The first kappa shape index (κ1) is 15.4. The Bertz CT molecular complexity index is 497. The summed E-state index contributed by atoms with van der Waals surface area (Å²) in [6.07, 6.45) is 4.65. The fourth-order valence-electron chi connectivity index (χ4n) is 3.32. The molecule has 2 saturated heterocycles. The molecular weight excluding hydrogens is 278 g/mol. The maximum Gasteiger partial charge on any atom is 0.222 e. The predicted octanol–water partition coefficient (Wildman–Crippen LogP) is 1.99. The largest absolute Gasteiger partial charge is 0.379 e. The Hall–Kier alpha value is -1.46. The standard InChI is InChI=1S/C17H25N3O2/c1-2-17(21)20-7-3-4-16(20)15-6-5-14(12-18-15)13-19-8-10-22-11-9-19/h5-6,12,16H,2-4,7-11,13H2,1H3/t16-/m1/s1. The predicted molar refractivity (Wildman–Crippen MR) is 84.3 cm³/mol. The van der Waals surface area contributed by atoms with Crippen LogP contribution in [0.2, 0.25) is 0 Å². The number of rotatable bonds is 4. The third-order valence-electron chi connectivity index (χ3n) is 4.57. The second kappa shape index (κ2) is 7.20. The molecule has 0 unspecified atom stereocenters. The van der Waals surface area contributed by atoms with E-state index in [1.807, 2.05) is 18.0 Å². The number of nitrogens with zero attached hydrogens (tertiary/aromatic N) is 3. The highest BCUT2D eigenvalue weighted by atomic mass is 16.5. The van der Waals surface area contributed by atoms with Crippen LogP contribution in [0, 0.1) is 0 Å². The van der Waals surface area contributed by atoms with Crippen LogP contribution in [0.3, 0.4) is 0 Å². The normalized spacial score (nSPS) is 23.0. The lowest BCUT2D eigenvalue weighted by Gasteiger charge is -2.27. The van der Waals surface area contributed by atoms with Crippen LogP contribution in [0.5, 0.6) is 0 Å². The van der Waals surface area contributed by atoms with E-state index in [1.165, 1.54) is 5.56 Å². The SMILES string of the molecule is CCC(=O)N1CCC[C@@H]1c1ccc(CN2CCOCC2)cn1. The Kier molecular flexibility index (Phi) is 5.05. The summed E-state index contributed by atoms with van der Waals surface area (Å²) in [5, 5.41) is 0. The van der Waals surface area contributed by atoms with Crippen molar-refractivity contribution < 1.29 is 9.53 Å². The molecule has 1 atom stereocenters. The maximum absolute atomic E-state index is 12.0. The van der Waals surface area contributed by atoms with Crippen molar-refractivity contribution in [2.45, 2.75) is 38.8 Å². The van der Waals surface area contributed by atoms with E-state index in [1.54, 1.807) is 0 Å². The number of pyridine rings is 1. The lowest BCUT2D eigenvalue weighted by molar-refractivity contribution is -0.131. The summed E-state index contributed by atoms with van der Waals surface area (Å²) < 4.78 is 5.37. The quantitative estimate of drug-likeness (QED) is 0.853. The topological polar surface area (TPSA) is 45.7 Å². The number of hydrogen-bond acceptors (Lipinski definition) is 4. The van der Waals surface area contributed by atoms with Crippen molar-refractivity contribution >= 4 is 5.91 Å². The summed E-state index contributed by atoms with van der Waals surface area (Å²) in [5.74, 6) is 0.238. The highest BCUT2D eigenvalue weighted by molar-refractivity contribution is 5.76. The van der Waals surface area contributed by atoms with E-state index in [4.69, 9.17) is 4.74 Å². The molecule has 0 N–H and O–H groups in total. The van der Waals surface area contributed by atoms with Crippen molar-refractivity contribution in [3.63, 3.8) is 0 Å². The highest BCUT2D eigenvalue weighted by Crippen LogP contribution is 2.31. The molecule has 0 aromatic carbocycles. The molecule has 0 spiro atoms. The van der Waals surface area contributed by atoms with Crippen molar-refractivity contribution in [1.82, 2.24) is 14.8 Å². The van der Waals surface area contributed by atoms with Gasteiger partial charge in [-0.25, -0.2) is 0 Å². The Labute approximate surface area is 132 Å². The minimum Gasteiger partial charge on any atom is -0.379 e. The second-order valence-corrected chi connectivity index (χ2v) is 6.08. The summed E-state index contributed by atoms with van der Waals surface area (Å²) in [5.41, 5.74) is 2.27. The molecule has 0 saturated carbocycles. The Morgan fingerprint density at radius 3 is 2.82 bits per heavy atom. The van der Waals surface area contributed by atoms with E-state index in [2.05, 4.69) is 22.0 Å². The third kappa shape index (κ3) is 3.47. The smallest absolute Gasteiger partial charge is 0.222 e. The van der Waals surface area contributed by atoms with Gasteiger partial charge in [-0.05, 0) is 24.5 Å². The van der Waals surface area contributed by atoms with Gasteiger partial charge in [0.2, 0.25) is 5.91 Å². The zero-order valence-electron chi connectivity index (χ0n) is 13.3. The van der Waals surface area contributed by atoms with E-state index in [9.17, 15) is 4.79 Å². The van der Waals surface area contributed by atoms with Gasteiger partial charge in [-0.15, -0.1) is 0 Å². The molecule has 2 aliphatic heterocycles. The minimum atomic E-state index is 0.171. The average Bonchev–Trinajstić information content (AvgIpc) is 3.05. The van der Waals surface area contributed by atoms with Gasteiger partial charge in [0.05, 0.1) is 24.9 Å². The molecule has 120 valence electrons. The fraction of sp³-hybridized carbons (Fsp3) is 0.647. The fourth-order valence-corrected chi connectivity index (χ4v) is 3.32. The molecule has 1 amide bonds. The molecule has 1 aromatic heterocycles. The molecule has 3 heterocycles. The van der Waals surface area contributed by atoms with Gasteiger partial charge in [0.1, 0.15) is 0 Å². The van der Waals surface area contributed by atoms with Gasteiger partial charge in [0.25, 0.3) is 0 Å². The van der Waals surface area contributed by atoms with Crippen LogP contribution in [0.25, 0.3) is 0 Å². The van der Waals surface area contributed by atoms with Crippen molar-refractivity contribution in [2.75, 3.05) is 32.8 Å². The first-order valence-electron chi connectivity index (χ1n) is 8.32. The molecule has 0 aliphatic carbocycles. The van der Waals surface area contributed by atoms with Gasteiger partial charge in [0, 0.05) is 38.8 Å². The van der Waals surface area contributed by atoms with Crippen molar-refractivity contribution in [3.05, 3.63) is 29.6 Å². The van der Waals surface area contributed by atoms with Gasteiger partial charge in [-0.3, -0.25) is 14.7 Å². The molecule has 0 bridgehead atoms. The van der Waals surface area contributed by atoms with Gasteiger partial charge < -0.3 is 9.64 Å². The lowest BCUT2D eigenvalue weighted by atomic mass is 10.1. The first-order valence-corrected chi connectivity index (χ1v) is 8.32. The lowest BCUT2D eigenvalue weighted by Crippen LogP contribution is -2.35. The molecule has 2 aliphatic rings. The van der Waals surface area contributed by atoms with Gasteiger partial charge in [-0.1, -0.05) is 13.0 Å². The molecule has 1 aromatic rings. The zero-order chi connectivity index (χ0) is 15.4. The van der Waals surface area contributed by atoms with Crippen LogP contribution in [-0.4, -0.2) is 53.5 Å². The van der Waals surface area contributed by atoms with Gasteiger partial charge in [-0.2, -0.15) is 0 Å². The number of morpholine rings is 1. The van der Waals surface area contributed by atoms with E-state index in [0.29, 0.717) is 6.42 Å². The summed E-state index contributed by atoms with van der Waals surface area (Å²) >= 11 is 0. The molecule has 22 heavy (non-hydrogen) atoms. The molecular formula is C17H25N3O2. The van der Waals surface area contributed by atoms with E-state index in [-0.39, 0.29) is 11.9 Å². The molecule has 2 fully saturated rings. The number of amides is 1. The van der Waals surface area contributed by atoms with E-state index < -0.39 is 0 Å². The molecule has 0 radical (unpaired) electrons. The van der Waals surface area contributed by atoms with Crippen LogP contribution in [0.15, 0.2) is 18.3 Å². The Balaban J connectivity index is 1.64. The Morgan fingerprint density at radius 1 is 1.32 bits per heavy atom. The third-order valence-corrected chi connectivity index (χ3v) is 4.57. The van der Waals surface area contributed by atoms with Crippen LogP contribution in [0.4, 0.5) is 0 Å². The maximum atomic E-state index is 12.0. The van der Waals surface area contributed by atoms with Crippen LogP contribution >= 0.6 is 0 Å². The number of likely N-dealkylation sites (tertiary alicyclic amines) is 1. The monoisotopic (exact) mass is 303 g/mol. The summed E-state index contributed by atoms with van der Waals surface area (Å²) in [6, 6.07) is 4.43. The van der Waals surface area contributed by atoms with Crippen molar-refractivity contribution in [2.24, 2.45) is 0 Å². The number of hydrogen-bond donors (Lipinski definition) is 0. The van der Waals surface area contributed by atoms with Gasteiger partial charge >= 0.3 is 0 Å². The molecule has 3 rings (SSSR count). The second-order valence-electron chi connectivity index (χ2n) is 6.08. The number of carbonyl (C=O) groups is 1. The first-order chi connectivity index (χ1) is 10.8. The Morgan fingerprint density at radius 2 is 2.14 bits per heavy atom. The zero-order valence-corrected chi connectivity index (χ0v) is 13.3. The van der Waals surface area contributed by atoms with Crippen molar-refractivity contribution in [3.8, 4) is 0 Å². The summed E-state index contributed by atoms with van der Waals surface area (Å²) in [6.45, 7) is 7.35.